The van der Waals surface area contributed by atoms with Crippen molar-refractivity contribution in [3.05, 3.63) is 94.3 Å². The lowest BCUT2D eigenvalue weighted by Crippen LogP contribution is -2.11. The van der Waals surface area contributed by atoms with Gasteiger partial charge in [0.25, 0.3) is 0 Å². The van der Waals surface area contributed by atoms with Gasteiger partial charge in [0.05, 0.1) is 0 Å². The Morgan fingerprint density at radius 3 is 2.50 bits per heavy atom. The summed E-state index contributed by atoms with van der Waals surface area (Å²) in [5.74, 6) is 0. The molecule has 0 aliphatic heterocycles. The predicted octanol–water partition coefficient (Wildman–Crippen LogP) is 5.04. The Hall–Kier alpha value is -2.36. The van der Waals surface area contributed by atoms with Gasteiger partial charge in [-0.2, -0.15) is 0 Å². The molecule has 0 spiro atoms. The van der Waals surface area contributed by atoms with Gasteiger partial charge in [-0.3, -0.25) is 0 Å². The van der Waals surface area contributed by atoms with Gasteiger partial charge in [-0.15, -0.1) is 11.3 Å². The Balaban J connectivity index is 1.56. The van der Waals surface area contributed by atoms with Crippen LogP contribution in [0, 0.1) is 0 Å². The third-order valence-electron chi connectivity index (χ3n) is 4.26. The molecule has 0 aliphatic rings. The van der Waals surface area contributed by atoms with E-state index in [1.165, 1.54) is 26.9 Å². The highest BCUT2D eigenvalue weighted by atomic mass is 32.1. The number of hydrogen-bond donors (Lipinski definition) is 1. The van der Waals surface area contributed by atoms with Gasteiger partial charge in [0.15, 0.2) is 0 Å². The summed E-state index contributed by atoms with van der Waals surface area (Å²) in [6.45, 7) is 2.72. The number of fused-ring (bicyclic) bond motifs is 1. The number of nitrogens with zero attached hydrogens (tertiary/aromatic N) is 1. The molecule has 1 N–H and O–H groups in total. The molecule has 120 valence electrons. The first kappa shape index (κ1) is 15.2. The minimum Gasteiger partial charge on any atom is -0.343 e. The highest BCUT2D eigenvalue weighted by Crippen LogP contribution is 2.22. The van der Waals surface area contributed by atoms with Crippen molar-refractivity contribution in [2.75, 3.05) is 0 Å². The van der Waals surface area contributed by atoms with E-state index in [1.807, 2.05) is 0 Å². The molecule has 4 rings (SSSR count). The highest BCUT2D eigenvalue weighted by molar-refractivity contribution is 7.09. The molecule has 2 nitrogen and oxygen atoms in total. The quantitative estimate of drug-likeness (QED) is 0.523. The average molecular weight is 332 g/mol. The summed E-state index contributed by atoms with van der Waals surface area (Å²) in [4.78, 5) is 1.38. The molecule has 4 aromatic rings. The predicted molar refractivity (Wildman–Crippen MR) is 102 cm³/mol. The first-order valence-corrected chi connectivity index (χ1v) is 9.12. The summed E-state index contributed by atoms with van der Waals surface area (Å²) in [6.07, 6.45) is 2.29. The SMILES string of the molecule is c1ccc(Cn2cc(CNCc3cccs3)c3ccccc32)cc1. The van der Waals surface area contributed by atoms with Crippen LogP contribution in [0.1, 0.15) is 16.0 Å². The minimum atomic E-state index is 0.889. The van der Waals surface area contributed by atoms with Crippen molar-refractivity contribution >= 4 is 22.2 Å². The fourth-order valence-corrected chi connectivity index (χ4v) is 3.78. The number of nitrogens with one attached hydrogen (secondary N) is 1. The van der Waals surface area contributed by atoms with E-state index in [1.54, 1.807) is 11.3 Å². The van der Waals surface area contributed by atoms with Crippen LogP contribution in [0.5, 0.6) is 0 Å². The number of aromatic nitrogens is 1. The number of hydrogen-bond acceptors (Lipinski definition) is 2. The first-order valence-electron chi connectivity index (χ1n) is 8.24. The van der Waals surface area contributed by atoms with Crippen LogP contribution in [-0.4, -0.2) is 4.57 Å². The second-order valence-corrected chi connectivity index (χ2v) is 7.00. The molecule has 0 radical (unpaired) electrons. The van der Waals surface area contributed by atoms with Crippen LogP contribution in [0.4, 0.5) is 0 Å². The molecular formula is C21H20N2S. The van der Waals surface area contributed by atoms with E-state index in [4.69, 9.17) is 0 Å². The largest absolute Gasteiger partial charge is 0.343 e. The maximum Gasteiger partial charge on any atom is 0.0486 e. The van der Waals surface area contributed by atoms with E-state index >= 15 is 0 Å². The fourth-order valence-electron chi connectivity index (χ4n) is 3.11. The molecule has 0 saturated heterocycles. The number of benzene rings is 2. The van der Waals surface area contributed by atoms with Gasteiger partial charge in [0.2, 0.25) is 0 Å². The van der Waals surface area contributed by atoms with Gasteiger partial charge in [0.1, 0.15) is 0 Å². The van der Waals surface area contributed by atoms with Crippen LogP contribution in [0.3, 0.4) is 0 Å². The topological polar surface area (TPSA) is 17.0 Å². The third-order valence-corrected chi connectivity index (χ3v) is 5.14. The Kier molecular flexibility index (Phi) is 4.45. The maximum atomic E-state index is 3.57. The van der Waals surface area contributed by atoms with Crippen LogP contribution in [0.2, 0.25) is 0 Å². The minimum absolute atomic E-state index is 0.889. The van der Waals surface area contributed by atoms with Crippen LogP contribution >= 0.6 is 11.3 Å². The van der Waals surface area contributed by atoms with Gasteiger partial charge in [-0.25, -0.2) is 0 Å². The summed E-state index contributed by atoms with van der Waals surface area (Å²) >= 11 is 1.80. The molecule has 24 heavy (non-hydrogen) atoms. The second kappa shape index (κ2) is 7.04. The van der Waals surface area contributed by atoms with Gasteiger partial charge in [-0.05, 0) is 28.6 Å². The molecule has 0 bridgehead atoms. The van der Waals surface area contributed by atoms with E-state index in [-0.39, 0.29) is 0 Å². The van der Waals surface area contributed by atoms with E-state index < -0.39 is 0 Å². The zero-order valence-electron chi connectivity index (χ0n) is 13.5. The van der Waals surface area contributed by atoms with Crippen molar-refractivity contribution in [2.45, 2.75) is 19.6 Å². The molecule has 0 amide bonds. The third kappa shape index (κ3) is 3.28. The highest BCUT2D eigenvalue weighted by Gasteiger charge is 2.08. The summed E-state index contributed by atoms with van der Waals surface area (Å²) in [5, 5.41) is 7.04. The van der Waals surface area contributed by atoms with E-state index in [9.17, 15) is 0 Å². The molecule has 0 fully saturated rings. The Bertz CT molecular complexity index is 908. The summed E-state index contributed by atoms with van der Waals surface area (Å²) in [7, 11) is 0. The molecule has 0 atom stereocenters. The monoisotopic (exact) mass is 332 g/mol. The van der Waals surface area contributed by atoms with Gasteiger partial charge in [-0.1, -0.05) is 54.6 Å². The Morgan fingerprint density at radius 1 is 0.833 bits per heavy atom. The van der Waals surface area contributed by atoms with Crippen LogP contribution < -0.4 is 5.32 Å². The number of thiophene rings is 1. The summed E-state index contributed by atoms with van der Waals surface area (Å²) in [5.41, 5.74) is 3.99. The molecule has 0 saturated carbocycles. The van der Waals surface area contributed by atoms with E-state index in [2.05, 4.69) is 88.2 Å². The van der Waals surface area contributed by atoms with Crippen molar-refractivity contribution in [2.24, 2.45) is 0 Å². The van der Waals surface area contributed by atoms with Crippen LogP contribution in [0.15, 0.2) is 78.3 Å². The lowest BCUT2D eigenvalue weighted by molar-refractivity contribution is 0.700. The summed E-state index contributed by atoms with van der Waals surface area (Å²) in [6, 6.07) is 23.6. The standard InChI is InChI=1S/C21H20N2S/c1-2-7-17(8-3-1)15-23-16-18(20-10-4-5-11-21(20)23)13-22-14-19-9-6-12-24-19/h1-12,16,22H,13-15H2. The normalized spacial score (nSPS) is 11.2. The van der Waals surface area contributed by atoms with Crippen molar-refractivity contribution in [3.8, 4) is 0 Å². The zero-order valence-corrected chi connectivity index (χ0v) is 14.3. The first-order chi connectivity index (χ1) is 11.9. The number of rotatable bonds is 6. The molecule has 0 unspecified atom stereocenters. The van der Waals surface area contributed by atoms with Crippen LogP contribution in [0.25, 0.3) is 10.9 Å². The summed E-state index contributed by atoms with van der Waals surface area (Å²) < 4.78 is 2.35. The Morgan fingerprint density at radius 2 is 1.67 bits per heavy atom. The number of para-hydroxylation sites is 1. The average Bonchev–Trinajstić information content (AvgIpc) is 3.25. The van der Waals surface area contributed by atoms with Crippen molar-refractivity contribution in [3.63, 3.8) is 0 Å². The molecule has 2 heterocycles. The molecule has 0 aliphatic carbocycles. The molecule has 2 aromatic carbocycles. The smallest absolute Gasteiger partial charge is 0.0486 e. The van der Waals surface area contributed by atoms with E-state index in [0.29, 0.717) is 0 Å². The zero-order chi connectivity index (χ0) is 16.2. The van der Waals surface area contributed by atoms with Crippen molar-refractivity contribution in [1.82, 2.24) is 9.88 Å². The lowest BCUT2D eigenvalue weighted by Gasteiger charge is -2.05. The van der Waals surface area contributed by atoms with Gasteiger partial charge < -0.3 is 9.88 Å². The Labute approximate surface area is 146 Å². The lowest BCUT2D eigenvalue weighted by atomic mass is 10.2. The fraction of sp³-hybridized carbons (Fsp3) is 0.143. The molecule has 3 heteroatoms. The van der Waals surface area contributed by atoms with Gasteiger partial charge >= 0.3 is 0 Å². The van der Waals surface area contributed by atoms with Crippen molar-refractivity contribution < 1.29 is 0 Å². The van der Waals surface area contributed by atoms with Gasteiger partial charge in [0, 0.05) is 41.6 Å². The van der Waals surface area contributed by atoms with Crippen LogP contribution in [-0.2, 0) is 19.6 Å². The maximum absolute atomic E-state index is 3.57. The second-order valence-electron chi connectivity index (χ2n) is 5.97. The van der Waals surface area contributed by atoms with E-state index in [0.717, 1.165) is 19.6 Å². The molecule has 2 aromatic heterocycles. The van der Waals surface area contributed by atoms with Crippen molar-refractivity contribution in [1.29, 1.82) is 0 Å². The molecular weight excluding hydrogens is 312 g/mol.